The first kappa shape index (κ1) is 14.9. The molecule has 0 saturated carbocycles. The Bertz CT molecular complexity index is 741. The molecule has 2 aromatic carbocycles. The van der Waals surface area contributed by atoms with E-state index in [0.717, 1.165) is 0 Å². The molecule has 0 fully saturated rings. The minimum atomic E-state index is -3.85. The predicted octanol–water partition coefficient (Wildman–Crippen LogP) is 5.13. The Hall–Kier alpha value is -0.450. The molecule has 7 heteroatoms. The fourth-order valence-corrected chi connectivity index (χ4v) is 4.28. The van der Waals surface area contributed by atoms with Crippen molar-refractivity contribution in [3.05, 3.63) is 56.5 Å². The van der Waals surface area contributed by atoms with Gasteiger partial charge in [0.1, 0.15) is 0 Å². The minimum Gasteiger partial charge on any atom is -0.218 e. The highest BCUT2D eigenvalue weighted by molar-refractivity contribution is 7.91. The Morgan fingerprint density at radius 3 is 2.11 bits per heavy atom. The van der Waals surface area contributed by atoms with Gasteiger partial charge in [-0.25, -0.2) is 8.42 Å². The Balaban J connectivity index is 2.69. The molecule has 0 aromatic heterocycles. The molecule has 0 spiro atoms. The lowest BCUT2D eigenvalue weighted by atomic mass is 10.3. The summed E-state index contributed by atoms with van der Waals surface area (Å²) in [7, 11) is -3.85. The standard InChI is InChI=1S/C12H6Cl4O2S/c13-7-4-5-10(9(15)6-7)19(17,18)11-3-1-2-8(14)12(11)16/h1-6H. The molecule has 0 N–H and O–H groups in total. The second-order valence-electron chi connectivity index (χ2n) is 3.63. The van der Waals surface area contributed by atoms with Gasteiger partial charge in [-0.05, 0) is 30.3 Å². The van der Waals surface area contributed by atoms with Crippen molar-refractivity contribution in [2.45, 2.75) is 9.79 Å². The van der Waals surface area contributed by atoms with Crippen LogP contribution >= 0.6 is 46.4 Å². The Kier molecular flexibility index (Phi) is 4.33. The van der Waals surface area contributed by atoms with Crippen molar-refractivity contribution in [1.82, 2.24) is 0 Å². The van der Waals surface area contributed by atoms with Crippen LogP contribution in [-0.2, 0) is 9.84 Å². The van der Waals surface area contributed by atoms with E-state index >= 15 is 0 Å². The molecule has 2 aromatic rings. The number of hydrogen-bond donors (Lipinski definition) is 0. The third-order valence-electron chi connectivity index (χ3n) is 2.39. The van der Waals surface area contributed by atoms with Gasteiger partial charge in [-0.1, -0.05) is 52.5 Å². The maximum Gasteiger partial charge on any atom is 0.209 e. The van der Waals surface area contributed by atoms with Crippen molar-refractivity contribution >= 4 is 56.2 Å². The summed E-state index contributed by atoms with van der Waals surface area (Å²) in [4.78, 5) is -0.159. The largest absolute Gasteiger partial charge is 0.218 e. The molecule has 0 aliphatic heterocycles. The first-order valence-corrected chi connectivity index (χ1v) is 7.97. The average Bonchev–Trinajstić information content (AvgIpc) is 2.31. The second-order valence-corrected chi connectivity index (χ2v) is 7.15. The van der Waals surface area contributed by atoms with Crippen LogP contribution in [0.1, 0.15) is 0 Å². The molecular formula is C12H6Cl4O2S. The quantitative estimate of drug-likeness (QED) is 0.747. The zero-order valence-electron chi connectivity index (χ0n) is 9.20. The Morgan fingerprint density at radius 1 is 0.789 bits per heavy atom. The molecule has 2 rings (SSSR count). The smallest absolute Gasteiger partial charge is 0.209 e. The maximum atomic E-state index is 12.5. The van der Waals surface area contributed by atoms with Crippen LogP contribution in [0.25, 0.3) is 0 Å². The fraction of sp³-hybridized carbons (Fsp3) is 0. The lowest BCUT2D eigenvalue weighted by molar-refractivity contribution is 0.596. The average molecular weight is 356 g/mol. The normalized spacial score (nSPS) is 11.6. The fourth-order valence-electron chi connectivity index (χ4n) is 1.50. The number of benzene rings is 2. The van der Waals surface area contributed by atoms with E-state index in [0.29, 0.717) is 5.02 Å². The van der Waals surface area contributed by atoms with Gasteiger partial charge in [0.15, 0.2) is 0 Å². The summed E-state index contributed by atoms with van der Waals surface area (Å²) in [6.07, 6.45) is 0. The van der Waals surface area contributed by atoms with Gasteiger partial charge < -0.3 is 0 Å². The van der Waals surface area contributed by atoms with Crippen LogP contribution in [0.4, 0.5) is 0 Å². The van der Waals surface area contributed by atoms with Gasteiger partial charge in [0, 0.05) is 5.02 Å². The second kappa shape index (κ2) is 5.51. The van der Waals surface area contributed by atoms with E-state index in [2.05, 4.69) is 0 Å². The molecule has 100 valence electrons. The van der Waals surface area contributed by atoms with Crippen molar-refractivity contribution in [2.24, 2.45) is 0 Å². The van der Waals surface area contributed by atoms with Crippen LogP contribution in [0.15, 0.2) is 46.2 Å². The van der Waals surface area contributed by atoms with E-state index in [1.165, 1.54) is 36.4 Å². The van der Waals surface area contributed by atoms with E-state index in [1.807, 2.05) is 0 Å². The summed E-state index contributed by atoms with van der Waals surface area (Å²) in [5.41, 5.74) is 0. The molecule has 0 amide bonds. The predicted molar refractivity (Wildman–Crippen MR) is 78.4 cm³/mol. The van der Waals surface area contributed by atoms with Crippen molar-refractivity contribution < 1.29 is 8.42 Å². The van der Waals surface area contributed by atoms with E-state index in [4.69, 9.17) is 46.4 Å². The van der Waals surface area contributed by atoms with Gasteiger partial charge in [-0.3, -0.25) is 0 Å². The van der Waals surface area contributed by atoms with Crippen LogP contribution in [0.2, 0.25) is 20.1 Å². The van der Waals surface area contributed by atoms with Gasteiger partial charge in [-0.15, -0.1) is 0 Å². The van der Waals surface area contributed by atoms with Crippen molar-refractivity contribution in [2.75, 3.05) is 0 Å². The zero-order chi connectivity index (χ0) is 14.2. The molecule has 0 aliphatic rings. The van der Waals surface area contributed by atoms with E-state index in [9.17, 15) is 8.42 Å². The lowest BCUT2D eigenvalue weighted by Gasteiger charge is -2.09. The van der Waals surface area contributed by atoms with Crippen LogP contribution < -0.4 is 0 Å². The summed E-state index contributed by atoms with van der Waals surface area (Å²) in [6.45, 7) is 0. The van der Waals surface area contributed by atoms with Crippen molar-refractivity contribution in [3.63, 3.8) is 0 Å². The van der Waals surface area contributed by atoms with Gasteiger partial charge >= 0.3 is 0 Å². The molecule has 19 heavy (non-hydrogen) atoms. The van der Waals surface area contributed by atoms with Gasteiger partial charge in [0.05, 0.1) is 24.9 Å². The molecule has 0 atom stereocenters. The Morgan fingerprint density at radius 2 is 1.47 bits per heavy atom. The molecule has 0 saturated heterocycles. The molecular weight excluding hydrogens is 350 g/mol. The molecule has 2 nitrogen and oxygen atoms in total. The van der Waals surface area contributed by atoms with Crippen molar-refractivity contribution in [1.29, 1.82) is 0 Å². The molecule has 0 radical (unpaired) electrons. The lowest BCUT2D eigenvalue weighted by Crippen LogP contribution is -2.03. The summed E-state index contributed by atoms with van der Waals surface area (Å²) in [6, 6.07) is 8.51. The summed E-state index contributed by atoms with van der Waals surface area (Å²) >= 11 is 23.4. The SMILES string of the molecule is O=S(=O)(c1ccc(Cl)cc1Cl)c1cccc(Cl)c1Cl. The number of rotatable bonds is 2. The van der Waals surface area contributed by atoms with E-state index in [-0.39, 0.29) is 24.9 Å². The van der Waals surface area contributed by atoms with Crippen LogP contribution in [0.3, 0.4) is 0 Å². The topological polar surface area (TPSA) is 34.1 Å². The first-order valence-electron chi connectivity index (χ1n) is 4.98. The zero-order valence-corrected chi connectivity index (χ0v) is 13.0. The third-order valence-corrected chi connectivity index (χ3v) is 5.83. The monoisotopic (exact) mass is 354 g/mol. The molecule has 0 aliphatic carbocycles. The maximum absolute atomic E-state index is 12.5. The summed E-state index contributed by atoms with van der Waals surface area (Å²) in [5.74, 6) is 0. The molecule has 0 unspecified atom stereocenters. The highest BCUT2D eigenvalue weighted by Gasteiger charge is 2.24. The van der Waals surface area contributed by atoms with E-state index in [1.54, 1.807) is 0 Å². The van der Waals surface area contributed by atoms with Crippen LogP contribution in [0.5, 0.6) is 0 Å². The van der Waals surface area contributed by atoms with Gasteiger partial charge in [0.25, 0.3) is 0 Å². The first-order chi connectivity index (χ1) is 8.84. The van der Waals surface area contributed by atoms with E-state index < -0.39 is 9.84 Å². The Labute approximate surface area is 130 Å². The van der Waals surface area contributed by atoms with Gasteiger partial charge in [-0.2, -0.15) is 0 Å². The van der Waals surface area contributed by atoms with Crippen LogP contribution in [-0.4, -0.2) is 8.42 Å². The van der Waals surface area contributed by atoms with Crippen LogP contribution in [0, 0.1) is 0 Å². The number of hydrogen-bond acceptors (Lipinski definition) is 2. The van der Waals surface area contributed by atoms with Crippen molar-refractivity contribution in [3.8, 4) is 0 Å². The third kappa shape index (κ3) is 2.86. The summed E-state index contributed by atoms with van der Waals surface area (Å²) in [5, 5.41) is 0.507. The minimum absolute atomic E-state index is 0.0311. The van der Waals surface area contributed by atoms with Gasteiger partial charge in [0.2, 0.25) is 9.84 Å². The summed E-state index contributed by atoms with van der Waals surface area (Å²) < 4.78 is 24.9. The molecule has 0 bridgehead atoms. The highest BCUT2D eigenvalue weighted by atomic mass is 35.5. The number of halogens is 4. The number of sulfone groups is 1. The highest BCUT2D eigenvalue weighted by Crippen LogP contribution is 2.35. The molecule has 0 heterocycles.